The van der Waals surface area contributed by atoms with Gasteiger partial charge in [-0.25, -0.2) is 0 Å². The Hall–Kier alpha value is -1.73. The van der Waals surface area contributed by atoms with Crippen molar-refractivity contribution in [2.45, 2.75) is 33.2 Å². The average molecular weight is 262 g/mol. The zero-order valence-corrected chi connectivity index (χ0v) is 11.9. The molecular formula is C15H22N2O2. The van der Waals surface area contributed by atoms with Crippen molar-refractivity contribution in [1.82, 2.24) is 0 Å². The van der Waals surface area contributed by atoms with E-state index in [0.717, 1.165) is 18.4 Å². The molecule has 0 amide bonds. The van der Waals surface area contributed by atoms with Gasteiger partial charge >= 0.3 is 0 Å². The molecule has 2 N–H and O–H groups in total. The fourth-order valence-corrected chi connectivity index (χ4v) is 1.71. The van der Waals surface area contributed by atoms with Crippen molar-refractivity contribution in [3.05, 3.63) is 23.8 Å². The molecule has 0 fully saturated rings. The lowest BCUT2D eigenvalue weighted by molar-refractivity contribution is 0.269. The van der Waals surface area contributed by atoms with E-state index in [4.69, 9.17) is 20.5 Å². The van der Waals surface area contributed by atoms with Gasteiger partial charge in [-0.2, -0.15) is 5.26 Å². The second-order valence-corrected chi connectivity index (χ2v) is 5.14. The van der Waals surface area contributed by atoms with E-state index in [1.807, 2.05) is 32.0 Å². The first-order chi connectivity index (χ1) is 9.02. The van der Waals surface area contributed by atoms with Crippen LogP contribution in [0.25, 0.3) is 0 Å². The minimum atomic E-state index is -0.299. The van der Waals surface area contributed by atoms with E-state index in [1.165, 1.54) is 0 Å². The second kappa shape index (κ2) is 7.01. The van der Waals surface area contributed by atoms with Crippen molar-refractivity contribution in [2.24, 2.45) is 11.1 Å². The third kappa shape index (κ3) is 4.80. The Morgan fingerprint density at radius 1 is 1.32 bits per heavy atom. The Balaban J connectivity index is 2.55. The van der Waals surface area contributed by atoms with Crippen molar-refractivity contribution in [3.8, 4) is 17.6 Å². The smallest absolute Gasteiger partial charge is 0.161 e. The van der Waals surface area contributed by atoms with Crippen LogP contribution in [0.15, 0.2) is 18.2 Å². The van der Waals surface area contributed by atoms with Gasteiger partial charge in [0.25, 0.3) is 0 Å². The van der Waals surface area contributed by atoms with E-state index in [2.05, 4.69) is 6.07 Å². The summed E-state index contributed by atoms with van der Waals surface area (Å²) in [5, 5.41) is 8.94. The molecule has 0 unspecified atom stereocenters. The number of hydrogen-bond donors (Lipinski definition) is 1. The quantitative estimate of drug-likeness (QED) is 0.767. The molecule has 0 bridgehead atoms. The fourth-order valence-electron chi connectivity index (χ4n) is 1.71. The van der Waals surface area contributed by atoms with Crippen LogP contribution in [0.2, 0.25) is 0 Å². The van der Waals surface area contributed by atoms with E-state index in [9.17, 15) is 0 Å². The fraction of sp³-hybridized carbons (Fsp3) is 0.533. The Morgan fingerprint density at radius 3 is 2.63 bits per heavy atom. The van der Waals surface area contributed by atoms with Crippen LogP contribution in [0.3, 0.4) is 0 Å². The average Bonchev–Trinajstić information content (AvgIpc) is 2.43. The molecule has 104 valence electrons. The molecule has 4 heteroatoms. The van der Waals surface area contributed by atoms with Gasteiger partial charge in [-0.3, -0.25) is 0 Å². The summed E-state index contributed by atoms with van der Waals surface area (Å²) in [5.41, 5.74) is 6.32. The number of ether oxygens (including phenoxy) is 2. The number of hydrogen-bond acceptors (Lipinski definition) is 4. The van der Waals surface area contributed by atoms with Gasteiger partial charge in [-0.05, 0) is 44.4 Å². The third-order valence-corrected chi connectivity index (χ3v) is 2.97. The standard InChI is InChI=1S/C15H22N2O2/c1-15(2,11-17)7-4-8-19-14-9-12(10-16)5-6-13(14)18-3/h5-6,9H,4,7-8,10,16H2,1-3H3. The van der Waals surface area contributed by atoms with Crippen molar-refractivity contribution < 1.29 is 9.47 Å². The predicted octanol–water partition coefficient (Wildman–Crippen LogP) is 2.86. The summed E-state index contributed by atoms with van der Waals surface area (Å²) in [6.07, 6.45) is 1.64. The van der Waals surface area contributed by atoms with Crippen molar-refractivity contribution in [2.75, 3.05) is 13.7 Å². The first-order valence-electron chi connectivity index (χ1n) is 6.43. The lowest BCUT2D eigenvalue weighted by Gasteiger charge is -2.16. The zero-order chi connectivity index (χ0) is 14.3. The summed E-state index contributed by atoms with van der Waals surface area (Å²) in [5.74, 6) is 1.41. The van der Waals surface area contributed by atoms with Gasteiger partial charge < -0.3 is 15.2 Å². The van der Waals surface area contributed by atoms with Gasteiger partial charge in [0.15, 0.2) is 11.5 Å². The minimum absolute atomic E-state index is 0.299. The largest absolute Gasteiger partial charge is 0.493 e. The maximum Gasteiger partial charge on any atom is 0.161 e. The van der Waals surface area contributed by atoms with E-state index in [0.29, 0.717) is 24.7 Å². The number of nitrogens with zero attached hydrogens (tertiary/aromatic N) is 1. The topological polar surface area (TPSA) is 68.3 Å². The number of nitrogens with two attached hydrogens (primary N) is 1. The van der Waals surface area contributed by atoms with Gasteiger partial charge in [0.1, 0.15) is 0 Å². The maximum atomic E-state index is 8.94. The van der Waals surface area contributed by atoms with Crippen LogP contribution in [0, 0.1) is 16.7 Å². The SMILES string of the molecule is COc1ccc(CN)cc1OCCCC(C)(C)C#N. The molecule has 1 aromatic rings. The minimum Gasteiger partial charge on any atom is -0.493 e. The molecule has 19 heavy (non-hydrogen) atoms. The van der Waals surface area contributed by atoms with Crippen LogP contribution >= 0.6 is 0 Å². The van der Waals surface area contributed by atoms with E-state index in [-0.39, 0.29) is 5.41 Å². The molecule has 0 saturated carbocycles. The molecule has 0 heterocycles. The monoisotopic (exact) mass is 262 g/mol. The molecule has 0 aliphatic carbocycles. The molecule has 0 aliphatic heterocycles. The van der Waals surface area contributed by atoms with Crippen LogP contribution < -0.4 is 15.2 Å². The van der Waals surface area contributed by atoms with Gasteiger partial charge in [0.05, 0.1) is 25.2 Å². The van der Waals surface area contributed by atoms with Crippen LogP contribution in [0.1, 0.15) is 32.3 Å². The summed E-state index contributed by atoms with van der Waals surface area (Å²) in [6.45, 7) is 4.91. The Bertz CT molecular complexity index is 450. The van der Waals surface area contributed by atoms with Crippen LogP contribution in [-0.4, -0.2) is 13.7 Å². The molecular weight excluding hydrogens is 240 g/mol. The third-order valence-electron chi connectivity index (χ3n) is 2.97. The zero-order valence-electron chi connectivity index (χ0n) is 11.9. The predicted molar refractivity (Wildman–Crippen MR) is 75.0 cm³/mol. The summed E-state index contributed by atoms with van der Waals surface area (Å²) >= 11 is 0. The number of benzene rings is 1. The molecule has 0 aliphatic rings. The normalized spacial score (nSPS) is 10.9. The number of rotatable bonds is 7. The highest BCUT2D eigenvalue weighted by Gasteiger charge is 2.16. The highest BCUT2D eigenvalue weighted by atomic mass is 16.5. The maximum absolute atomic E-state index is 8.94. The van der Waals surface area contributed by atoms with Gasteiger partial charge in [0, 0.05) is 6.54 Å². The van der Waals surface area contributed by atoms with Gasteiger partial charge in [-0.15, -0.1) is 0 Å². The lowest BCUT2D eigenvalue weighted by atomic mass is 9.90. The lowest BCUT2D eigenvalue weighted by Crippen LogP contribution is -2.10. The summed E-state index contributed by atoms with van der Waals surface area (Å²) < 4.78 is 11.0. The summed E-state index contributed by atoms with van der Waals surface area (Å²) in [6, 6.07) is 7.96. The highest BCUT2D eigenvalue weighted by Crippen LogP contribution is 2.28. The van der Waals surface area contributed by atoms with Crippen molar-refractivity contribution in [1.29, 1.82) is 5.26 Å². The first kappa shape index (κ1) is 15.3. The van der Waals surface area contributed by atoms with Crippen LogP contribution in [0.5, 0.6) is 11.5 Å². The molecule has 0 saturated heterocycles. The summed E-state index contributed by atoms with van der Waals surface area (Å²) in [7, 11) is 1.61. The molecule has 1 aromatic carbocycles. The van der Waals surface area contributed by atoms with Gasteiger partial charge in [0.2, 0.25) is 0 Å². The molecule has 0 aromatic heterocycles. The van der Waals surface area contributed by atoms with E-state index in [1.54, 1.807) is 7.11 Å². The van der Waals surface area contributed by atoms with Crippen molar-refractivity contribution in [3.63, 3.8) is 0 Å². The molecule has 0 atom stereocenters. The number of nitriles is 1. The molecule has 1 rings (SSSR count). The molecule has 0 radical (unpaired) electrons. The van der Waals surface area contributed by atoms with Crippen LogP contribution in [-0.2, 0) is 6.54 Å². The Labute approximate surface area is 115 Å². The Kier molecular flexibility index (Phi) is 5.65. The van der Waals surface area contributed by atoms with E-state index >= 15 is 0 Å². The second-order valence-electron chi connectivity index (χ2n) is 5.14. The van der Waals surface area contributed by atoms with Crippen molar-refractivity contribution >= 4 is 0 Å². The molecule has 0 spiro atoms. The Morgan fingerprint density at radius 2 is 2.05 bits per heavy atom. The van der Waals surface area contributed by atoms with Gasteiger partial charge in [-0.1, -0.05) is 6.07 Å². The highest BCUT2D eigenvalue weighted by molar-refractivity contribution is 5.42. The molecule has 4 nitrogen and oxygen atoms in total. The van der Waals surface area contributed by atoms with E-state index < -0.39 is 0 Å². The first-order valence-corrected chi connectivity index (χ1v) is 6.43. The summed E-state index contributed by atoms with van der Waals surface area (Å²) in [4.78, 5) is 0. The van der Waals surface area contributed by atoms with Crippen LogP contribution in [0.4, 0.5) is 0 Å². The number of methoxy groups -OCH3 is 1.